The van der Waals surface area contributed by atoms with E-state index in [1.807, 2.05) is 20.8 Å². The number of aromatic nitrogens is 1. The molecule has 0 aliphatic carbocycles. The lowest BCUT2D eigenvalue weighted by atomic mass is 10.1. The van der Waals surface area contributed by atoms with Gasteiger partial charge in [-0.2, -0.15) is 0 Å². The highest BCUT2D eigenvalue weighted by molar-refractivity contribution is 6.29. The summed E-state index contributed by atoms with van der Waals surface area (Å²) in [6.45, 7) is 6.49. The first-order valence-electron chi connectivity index (χ1n) is 7.69. The maximum absolute atomic E-state index is 12.0. The Labute approximate surface area is 145 Å². The molecule has 1 aliphatic rings. The third kappa shape index (κ3) is 5.26. The van der Waals surface area contributed by atoms with Crippen LogP contribution in [0.15, 0.2) is 12.1 Å². The van der Waals surface area contributed by atoms with Crippen LogP contribution in [-0.4, -0.2) is 51.8 Å². The molecule has 0 radical (unpaired) electrons. The number of ether oxygens (including phenoxy) is 2. The van der Waals surface area contributed by atoms with Crippen molar-refractivity contribution < 1.29 is 24.2 Å². The van der Waals surface area contributed by atoms with Gasteiger partial charge in [0, 0.05) is 32.0 Å². The van der Waals surface area contributed by atoms with Crippen molar-refractivity contribution in [2.75, 3.05) is 13.1 Å². The van der Waals surface area contributed by atoms with Gasteiger partial charge in [0.05, 0.1) is 5.56 Å². The van der Waals surface area contributed by atoms with E-state index < -0.39 is 11.6 Å². The van der Waals surface area contributed by atoms with E-state index in [9.17, 15) is 9.59 Å². The molecule has 1 amide bonds. The molecule has 8 heteroatoms. The number of carbonyl (C=O) groups excluding carboxylic acids is 1. The summed E-state index contributed by atoms with van der Waals surface area (Å²) in [5.74, 6) is -0.917. The molecule has 2 rings (SSSR count). The molecule has 0 bridgehead atoms. The van der Waals surface area contributed by atoms with Crippen LogP contribution in [0.3, 0.4) is 0 Å². The second-order valence-corrected chi connectivity index (χ2v) is 6.99. The predicted octanol–water partition coefficient (Wildman–Crippen LogP) is 3.21. The minimum atomic E-state index is -1.09. The van der Waals surface area contributed by atoms with Crippen LogP contribution in [0.4, 0.5) is 4.79 Å². The second kappa shape index (κ2) is 7.25. The number of aromatic carboxylic acids is 1. The number of amides is 1. The monoisotopic (exact) mass is 356 g/mol. The fourth-order valence-corrected chi connectivity index (χ4v) is 2.51. The summed E-state index contributed by atoms with van der Waals surface area (Å²) in [6.07, 6.45) is 0.720. The van der Waals surface area contributed by atoms with Crippen LogP contribution >= 0.6 is 11.6 Å². The van der Waals surface area contributed by atoms with Crippen LogP contribution in [0.25, 0.3) is 0 Å². The molecule has 1 saturated heterocycles. The summed E-state index contributed by atoms with van der Waals surface area (Å²) in [5, 5.41) is 9.09. The molecule has 0 spiro atoms. The number of carboxylic acids is 1. The van der Waals surface area contributed by atoms with E-state index in [0.29, 0.717) is 25.9 Å². The van der Waals surface area contributed by atoms with E-state index in [1.54, 1.807) is 4.90 Å². The van der Waals surface area contributed by atoms with Gasteiger partial charge in [-0.1, -0.05) is 11.6 Å². The highest BCUT2D eigenvalue weighted by atomic mass is 35.5. The predicted molar refractivity (Wildman–Crippen MR) is 87.7 cm³/mol. The van der Waals surface area contributed by atoms with Crippen LogP contribution in [0.5, 0.6) is 5.88 Å². The van der Waals surface area contributed by atoms with Gasteiger partial charge < -0.3 is 19.5 Å². The smallest absolute Gasteiger partial charge is 0.410 e. The maximum atomic E-state index is 12.0. The van der Waals surface area contributed by atoms with Gasteiger partial charge in [-0.15, -0.1) is 0 Å². The molecule has 132 valence electrons. The number of rotatable bonds is 3. The minimum Gasteiger partial charge on any atom is -0.478 e. The van der Waals surface area contributed by atoms with E-state index >= 15 is 0 Å². The molecule has 0 saturated carbocycles. The number of hydrogen-bond acceptors (Lipinski definition) is 5. The molecule has 24 heavy (non-hydrogen) atoms. The number of pyridine rings is 1. The summed E-state index contributed by atoms with van der Waals surface area (Å²) < 4.78 is 11.1. The Morgan fingerprint density at radius 1 is 1.29 bits per heavy atom. The number of likely N-dealkylation sites (tertiary alicyclic amines) is 1. The average molecular weight is 357 g/mol. The average Bonchev–Trinajstić information content (AvgIpc) is 2.45. The number of nitrogens with zero attached hydrogens (tertiary/aromatic N) is 2. The first-order chi connectivity index (χ1) is 11.1. The van der Waals surface area contributed by atoms with E-state index in [-0.39, 0.29) is 28.8 Å². The number of carboxylic acid groups (broad SMARTS) is 1. The lowest BCUT2D eigenvalue weighted by molar-refractivity contribution is 0.0122. The Hall–Kier alpha value is -2.02. The minimum absolute atomic E-state index is 0.0243. The molecule has 1 aromatic heterocycles. The molecular formula is C16H21ClN2O5. The largest absolute Gasteiger partial charge is 0.478 e. The third-order valence-electron chi connectivity index (χ3n) is 3.40. The van der Waals surface area contributed by atoms with Gasteiger partial charge in [-0.3, -0.25) is 0 Å². The maximum Gasteiger partial charge on any atom is 0.410 e. The zero-order valence-corrected chi connectivity index (χ0v) is 14.7. The SMILES string of the molecule is CC(C)(C)OC(=O)N1CCC(Oc2cc(C(=O)O)cc(Cl)n2)CC1. The number of halogens is 1. The zero-order valence-electron chi connectivity index (χ0n) is 13.9. The van der Waals surface area contributed by atoms with Gasteiger partial charge in [-0.05, 0) is 26.8 Å². The molecule has 1 N–H and O–H groups in total. The van der Waals surface area contributed by atoms with Crippen molar-refractivity contribution in [2.45, 2.75) is 45.3 Å². The van der Waals surface area contributed by atoms with Crippen molar-refractivity contribution in [3.63, 3.8) is 0 Å². The molecular weight excluding hydrogens is 336 g/mol. The van der Waals surface area contributed by atoms with E-state index in [1.165, 1.54) is 12.1 Å². The quantitative estimate of drug-likeness (QED) is 0.836. The van der Waals surface area contributed by atoms with Gasteiger partial charge in [0.25, 0.3) is 0 Å². The summed E-state index contributed by atoms with van der Waals surface area (Å²) in [6, 6.07) is 2.61. The van der Waals surface area contributed by atoms with E-state index in [4.69, 9.17) is 26.2 Å². The van der Waals surface area contributed by atoms with Gasteiger partial charge >= 0.3 is 12.1 Å². The van der Waals surface area contributed by atoms with Crippen molar-refractivity contribution in [3.8, 4) is 5.88 Å². The van der Waals surface area contributed by atoms with Crippen molar-refractivity contribution in [3.05, 3.63) is 22.8 Å². The van der Waals surface area contributed by atoms with Crippen LogP contribution in [-0.2, 0) is 4.74 Å². The topological polar surface area (TPSA) is 89.0 Å². The number of piperidine rings is 1. The normalized spacial score (nSPS) is 15.9. The molecule has 0 aromatic carbocycles. The fraction of sp³-hybridized carbons (Fsp3) is 0.562. The van der Waals surface area contributed by atoms with Gasteiger partial charge in [0.2, 0.25) is 5.88 Å². The Morgan fingerprint density at radius 2 is 1.92 bits per heavy atom. The highest BCUT2D eigenvalue weighted by Crippen LogP contribution is 2.22. The summed E-state index contributed by atoms with van der Waals surface area (Å²) in [4.78, 5) is 28.7. The van der Waals surface area contributed by atoms with Crippen LogP contribution in [0.2, 0.25) is 5.15 Å². The molecule has 2 heterocycles. The van der Waals surface area contributed by atoms with E-state index in [2.05, 4.69) is 4.98 Å². The molecule has 0 atom stereocenters. The Balaban J connectivity index is 1.92. The Bertz CT molecular complexity index is 621. The molecule has 1 aliphatic heterocycles. The summed E-state index contributed by atoms with van der Waals surface area (Å²) in [5.41, 5.74) is -0.501. The van der Waals surface area contributed by atoms with Gasteiger partial charge in [0.15, 0.2) is 0 Å². The van der Waals surface area contributed by atoms with Crippen molar-refractivity contribution in [1.29, 1.82) is 0 Å². The van der Waals surface area contributed by atoms with Crippen molar-refractivity contribution >= 4 is 23.7 Å². The van der Waals surface area contributed by atoms with Crippen LogP contribution in [0.1, 0.15) is 44.0 Å². The van der Waals surface area contributed by atoms with Crippen LogP contribution < -0.4 is 4.74 Å². The highest BCUT2D eigenvalue weighted by Gasteiger charge is 2.28. The third-order valence-corrected chi connectivity index (χ3v) is 3.59. The number of hydrogen-bond donors (Lipinski definition) is 1. The zero-order chi connectivity index (χ0) is 17.9. The number of carbonyl (C=O) groups is 2. The molecule has 1 fully saturated rings. The summed E-state index contributed by atoms with van der Waals surface area (Å²) in [7, 11) is 0. The standard InChI is InChI=1S/C16H21ClN2O5/c1-16(2,3)24-15(22)19-6-4-11(5-7-19)23-13-9-10(14(20)21)8-12(17)18-13/h8-9,11H,4-7H2,1-3H3,(H,20,21). The molecule has 0 unspecified atom stereocenters. The fourth-order valence-electron chi connectivity index (χ4n) is 2.31. The first-order valence-corrected chi connectivity index (χ1v) is 8.07. The first kappa shape index (κ1) is 18.3. The molecule has 1 aromatic rings. The van der Waals surface area contributed by atoms with Crippen molar-refractivity contribution in [2.24, 2.45) is 0 Å². The van der Waals surface area contributed by atoms with E-state index in [0.717, 1.165) is 0 Å². The van der Waals surface area contributed by atoms with Gasteiger partial charge in [0.1, 0.15) is 16.9 Å². The lowest BCUT2D eigenvalue weighted by Gasteiger charge is -2.33. The summed E-state index contributed by atoms with van der Waals surface area (Å²) >= 11 is 5.81. The van der Waals surface area contributed by atoms with Crippen LogP contribution in [0, 0.1) is 0 Å². The Morgan fingerprint density at radius 3 is 2.46 bits per heavy atom. The molecule has 7 nitrogen and oxygen atoms in total. The lowest BCUT2D eigenvalue weighted by Crippen LogP contribution is -2.44. The second-order valence-electron chi connectivity index (χ2n) is 6.61. The Kier molecular flexibility index (Phi) is 5.54. The van der Waals surface area contributed by atoms with Crippen molar-refractivity contribution in [1.82, 2.24) is 9.88 Å². The van der Waals surface area contributed by atoms with Gasteiger partial charge in [-0.25, -0.2) is 14.6 Å².